The van der Waals surface area contributed by atoms with Gasteiger partial charge in [0.15, 0.2) is 11.9 Å². The Labute approximate surface area is 179 Å². The molecule has 1 atom stereocenters. The van der Waals surface area contributed by atoms with Gasteiger partial charge in [0.1, 0.15) is 5.69 Å². The zero-order valence-electron chi connectivity index (χ0n) is 17.1. The first-order chi connectivity index (χ1) is 15.1. The maximum absolute atomic E-state index is 13.1. The second-order valence-corrected chi connectivity index (χ2v) is 7.80. The molecule has 0 unspecified atom stereocenters. The molecule has 5 nitrogen and oxygen atoms in total. The fraction of sp³-hybridized carbons (Fsp3) is 0.192. The lowest BCUT2D eigenvalue weighted by atomic mass is 10.0. The van der Waals surface area contributed by atoms with Crippen molar-refractivity contribution in [2.75, 3.05) is 0 Å². The van der Waals surface area contributed by atoms with Crippen LogP contribution in [0.25, 0.3) is 22.4 Å². The number of hydrogen-bond donors (Lipinski definition) is 0. The van der Waals surface area contributed by atoms with E-state index in [4.69, 9.17) is 9.15 Å². The maximum Gasteiger partial charge on any atom is 0.339 e. The highest BCUT2D eigenvalue weighted by atomic mass is 16.5. The summed E-state index contributed by atoms with van der Waals surface area (Å²) in [7, 11) is 0. The highest BCUT2D eigenvalue weighted by Gasteiger charge is 2.24. The van der Waals surface area contributed by atoms with Gasteiger partial charge in [0, 0.05) is 10.9 Å². The number of rotatable bonds is 5. The number of pyridine rings is 1. The minimum Gasteiger partial charge on any atom is -0.463 e. The molecule has 5 rings (SSSR count). The van der Waals surface area contributed by atoms with Crippen molar-refractivity contribution in [3.05, 3.63) is 89.2 Å². The molecule has 0 fully saturated rings. The number of furan rings is 1. The van der Waals surface area contributed by atoms with Crippen molar-refractivity contribution in [2.24, 2.45) is 0 Å². The van der Waals surface area contributed by atoms with Crippen LogP contribution < -0.4 is 0 Å². The van der Waals surface area contributed by atoms with Gasteiger partial charge in [-0.25, -0.2) is 9.78 Å². The summed E-state index contributed by atoms with van der Waals surface area (Å²) in [6.45, 7) is 1.62. The normalized spacial score (nSPS) is 13.7. The molecular formula is C26H21NO4. The van der Waals surface area contributed by atoms with E-state index in [1.165, 1.54) is 11.1 Å². The molecule has 2 aromatic heterocycles. The zero-order chi connectivity index (χ0) is 21.4. The number of aryl methyl sites for hydroxylation is 2. The maximum atomic E-state index is 13.1. The number of aromatic nitrogens is 1. The lowest BCUT2D eigenvalue weighted by molar-refractivity contribution is 0.0320. The molecule has 0 saturated heterocycles. The second kappa shape index (κ2) is 7.84. The molecule has 1 aliphatic rings. The summed E-state index contributed by atoms with van der Waals surface area (Å²) in [5, 5.41) is 0.667. The Morgan fingerprint density at radius 1 is 1.00 bits per heavy atom. The van der Waals surface area contributed by atoms with Gasteiger partial charge < -0.3 is 9.15 Å². The van der Waals surface area contributed by atoms with Crippen LogP contribution in [0.2, 0.25) is 0 Å². The number of para-hydroxylation sites is 1. The Morgan fingerprint density at radius 3 is 2.68 bits per heavy atom. The van der Waals surface area contributed by atoms with Crippen LogP contribution in [-0.4, -0.2) is 22.8 Å². The van der Waals surface area contributed by atoms with Crippen LogP contribution in [0.3, 0.4) is 0 Å². The van der Waals surface area contributed by atoms with E-state index in [-0.39, 0.29) is 5.78 Å². The van der Waals surface area contributed by atoms with Gasteiger partial charge in [-0.1, -0.05) is 30.3 Å². The van der Waals surface area contributed by atoms with Crippen molar-refractivity contribution in [2.45, 2.75) is 32.3 Å². The van der Waals surface area contributed by atoms with E-state index in [2.05, 4.69) is 4.98 Å². The van der Waals surface area contributed by atoms with Crippen molar-refractivity contribution < 1.29 is 18.7 Å². The number of esters is 1. The van der Waals surface area contributed by atoms with E-state index in [1.807, 2.05) is 42.5 Å². The molecule has 1 aliphatic carbocycles. The summed E-state index contributed by atoms with van der Waals surface area (Å²) in [6, 6.07) is 18.3. The summed E-state index contributed by atoms with van der Waals surface area (Å²) < 4.78 is 11.1. The quantitative estimate of drug-likeness (QED) is 0.324. The van der Waals surface area contributed by atoms with Gasteiger partial charge in [0.05, 0.1) is 17.3 Å². The minimum absolute atomic E-state index is 0.201. The smallest absolute Gasteiger partial charge is 0.339 e. The fourth-order valence-corrected chi connectivity index (χ4v) is 4.13. The van der Waals surface area contributed by atoms with E-state index in [0.29, 0.717) is 33.5 Å². The molecule has 0 radical (unpaired) electrons. The van der Waals surface area contributed by atoms with Crippen molar-refractivity contribution >= 4 is 22.7 Å². The van der Waals surface area contributed by atoms with Gasteiger partial charge in [0.2, 0.25) is 5.78 Å². The SMILES string of the molecule is C[C@H](OC(=O)c1cc(-c2ccco2)nc2ccccc12)C(=O)c1ccc2c(c1)CCC2. The summed E-state index contributed by atoms with van der Waals surface area (Å²) in [4.78, 5) is 30.6. The highest BCUT2D eigenvalue weighted by molar-refractivity contribution is 6.06. The number of nitrogens with zero attached hydrogens (tertiary/aromatic N) is 1. The Bertz CT molecular complexity index is 1290. The third kappa shape index (κ3) is 3.63. The Balaban J connectivity index is 1.44. The molecule has 2 heterocycles. The van der Waals surface area contributed by atoms with Crippen molar-refractivity contribution in [3.8, 4) is 11.5 Å². The van der Waals surface area contributed by atoms with Crippen molar-refractivity contribution in [1.82, 2.24) is 4.98 Å². The summed E-state index contributed by atoms with van der Waals surface area (Å²) >= 11 is 0. The van der Waals surface area contributed by atoms with E-state index in [0.717, 1.165) is 19.3 Å². The first kappa shape index (κ1) is 19.2. The summed E-state index contributed by atoms with van der Waals surface area (Å²) in [5.41, 5.74) is 4.64. The summed E-state index contributed by atoms with van der Waals surface area (Å²) in [5.74, 6) is -0.205. The van der Waals surface area contributed by atoms with E-state index < -0.39 is 12.1 Å². The van der Waals surface area contributed by atoms with Gasteiger partial charge in [-0.05, 0) is 67.6 Å². The van der Waals surface area contributed by atoms with Gasteiger partial charge in [-0.3, -0.25) is 4.79 Å². The molecule has 0 aliphatic heterocycles. The third-order valence-electron chi connectivity index (χ3n) is 5.75. The number of fused-ring (bicyclic) bond motifs is 2. The number of carbonyl (C=O) groups is 2. The molecule has 2 aromatic carbocycles. The van der Waals surface area contributed by atoms with Crippen LogP contribution in [0.1, 0.15) is 45.2 Å². The molecule has 5 heteroatoms. The molecule has 0 bridgehead atoms. The Hall–Kier alpha value is -3.73. The number of ketones is 1. The minimum atomic E-state index is -0.897. The van der Waals surface area contributed by atoms with Gasteiger partial charge in [-0.15, -0.1) is 0 Å². The summed E-state index contributed by atoms with van der Waals surface area (Å²) in [6.07, 6.45) is 3.82. The lowest BCUT2D eigenvalue weighted by Gasteiger charge is -2.14. The molecule has 4 aromatic rings. The number of carbonyl (C=O) groups excluding carboxylic acids is 2. The molecule has 0 saturated carbocycles. The fourth-order valence-electron chi connectivity index (χ4n) is 4.13. The van der Waals surface area contributed by atoms with Crippen LogP contribution in [0.15, 0.2) is 71.3 Å². The third-order valence-corrected chi connectivity index (χ3v) is 5.75. The predicted octanol–water partition coefficient (Wildman–Crippen LogP) is 5.41. The van der Waals surface area contributed by atoms with Crippen molar-refractivity contribution in [1.29, 1.82) is 0 Å². The predicted molar refractivity (Wildman–Crippen MR) is 117 cm³/mol. The second-order valence-electron chi connectivity index (χ2n) is 7.80. The average Bonchev–Trinajstić information content (AvgIpc) is 3.49. The average molecular weight is 411 g/mol. The Morgan fingerprint density at radius 2 is 1.84 bits per heavy atom. The standard InChI is InChI=1S/C26H21NO4/c1-16(25(28)19-12-11-17-6-4-7-18(17)14-19)31-26(29)21-15-23(24-10-5-13-30-24)27-22-9-3-2-8-20(21)22/h2-3,5,8-16H,4,6-7H2,1H3/t16-/m0/s1. The first-order valence-electron chi connectivity index (χ1n) is 10.4. The number of hydrogen-bond acceptors (Lipinski definition) is 5. The number of Topliss-reactive ketones (excluding diaryl/α,β-unsaturated/α-hetero) is 1. The molecular weight excluding hydrogens is 390 g/mol. The van der Waals surface area contributed by atoms with Crippen LogP contribution in [0, 0.1) is 0 Å². The van der Waals surface area contributed by atoms with E-state index in [9.17, 15) is 9.59 Å². The molecule has 0 amide bonds. The first-order valence-corrected chi connectivity index (χ1v) is 10.4. The van der Waals surface area contributed by atoms with Crippen LogP contribution in [0.4, 0.5) is 0 Å². The zero-order valence-corrected chi connectivity index (χ0v) is 17.1. The van der Waals surface area contributed by atoms with Crippen molar-refractivity contribution in [3.63, 3.8) is 0 Å². The largest absolute Gasteiger partial charge is 0.463 e. The Kier molecular flexibility index (Phi) is 4.86. The molecule has 154 valence electrons. The van der Waals surface area contributed by atoms with Crippen LogP contribution >= 0.6 is 0 Å². The van der Waals surface area contributed by atoms with E-state index in [1.54, 1.807) is 31.4 Å². The monoisotopic (exact) mass is 411 g/mol. The van der Waals surface area contributed by atoms with Gasteiger partial charge in [-0.2, -0.15) is 0 Å². The van der Waals surface area contributed by atoms with Gasteiger partial charge >= 0.3 is 5.97 Å². The van der Waals surface area contributed by atoms with Crippen LogP contribution in [-0.2, 0) is 17.6 Å². The number of benzene rings is 2. The van der Waals surface area contributed by atoms with Gasteiger partial charge in [0.25, 0.3) is 0 Å². The molecule has 0 spiro atoms. The topological polar surface area (TPSA) is 69.4 Å². The van der Waals surface area contributed by atoms with E-state index >= 15 is 0 Å². The van der Waals surface area contributed by atoms with Crippen LogP contribution in [0.5, 0.6) is 0 Å². The molecule has 31 heavy (non-hydrogen) atoms. The molecule has 0 N–H and O–H groups in total. The highest BCUT2D eigenvalue weighted by Crippen LogP contribution is 2.27. The lowest BCUT2D eigenvalue weighted by Crippen LogP contribution is -2.24. The number of ether oxygens (including phenoxy) is 1.